The maximum atomic E-state index is 13.5. The number of nitrogens with one attached hydrogen (secondary N) is 1. The number of allylic oxidation sites excluding steroid dienone is 2. The molecule has 1 N–H and O–H groups in total. The Kier molecular flexibility index (Phi) is 5.70. The number of aryl methyl sites for hydroxylation is 1. The molecule has 4 aliphatic carbocycles. The van der Waals surface area contributed by atoms with Gasteiger partial charge < -0.3 is 10.1 Å². The molecule has 6 atom stereocenters. The smallest absolute Gasteiger partial charge is 0.255 e. The summed E-state index contributed by atoms with van der Waals surface area (Å²) in [5.74, 6) is 2.20. The normalized spacial score (nSPS) is 27.6. The lowest BCUT2D eigenvalue weighted by molar-refractivity contribution is -0.124. The SMILES string of the molecule is Cc1ccc(C(C)C)c(Oc2ccc(NC(=O)c3cccc(N4C(=O)[C@@H]5[C@H]6C=C[C@@H]([C@@H]7C[C@@H]67)[C@@H]5C4=O)c3)cc2)c1. The van der Waals surface area contributed by atoms with Crippen molar-refractivity contribution in [1.29, 1.82) is 0 Å². The minimum atomic E-state index is -0.309. The molecule has 1 heterocycles. The molecule has 3 aromatic rings. The molecular formula is C34H32N2O4. The summed E-state index contributed by atoms with van der Waals surface area (Å²) in [5, 5.41) is 2.92. The fourth-order valence-electron chi connectivity index (χ4n) is 7.14. The average molecular weight is 533 g/mol. The van der Waals surface area contributed by atoms with Gasteiger partial charge in [0.15, 0.2) is 0 Å². The third-order valence-corrected chi connectivity index (χ3v) is 9.16. The Bertz CT molecular complexity index is 1540. The van der Waals surface area contributed by atoms with Crippen molar-refractivity contribution in [2.75, 3.05) is 10.2 Å². The van der Waals surface area contributed by atoms with E-state index >= 15 is 0 Å². The number of amides is 3. The summed E-state index contributed by atoms with van der Waals surface area (Å²) >= 11 is 0. The highest BCUT2D eigenvalue weighted by Gasteiger charge is 2.67. The van der Waals surface area contributed by atoms with Crippen LogP contribution < -0.4 is 15.0 Å². The third-order valence-electron chi connectivity index (χ3n) is 9.16. The largest absolute Gasteiger partial charge is 0.457 e. The molecule has 6 heteroatoms. The first-order valence-corrected chi connectivity index (χ1v) is 14.2. The molecule has 202 valence electrons. The van der Waals surface area contributed by atoms with Crippen LogP contribution in [0.5, 0.6) is 11.5 Å². The van der Waals surface area contributed by atoms with Crippen LogP contribution in [0.15, 0.2) is 78.9 Å². The Labute approximate surface area is 234 Å². The highest BCUT2D eigenvalue weighted by Crippen LogP contribution is 2.65. The summed E-state index contributed by atoms with van der Waals surface area (Å²) in [6.45, 7) is 6.31. The standard InChI is InChI=1S/C34H32N2O4/c1-18(2)24-12-7-19(3)15-29(24)40-23-10-8-21(9-11-23)35-32(37)20-5-4-6-22(16-20)36-33(38)30-25-13-14-26(28-17-27(25)28)31(30)34(36)39/h4-16,18,25-28,30-31H,17H2,1-3H3,(H,35,37)/t25-,26-,27-,28-,30-,31+/m0/s1. The number of carbonyl (C=O) groups excluding carboxylic acids is 3. The van der Waals surface area contributed by atoms with Gasteiger partial charge in [-0.2, -0.15) is 0 Å². The number of rotatable bonds is 6. The molecule has 2 bridgehead atoms. The fraction of sp³-hybridized carbons (Fsp3) is 0.324. The van der Waals surface area contributed by atoms with Crippen LogP contribution in [0.1, 0.15) is 47.7 Å². The minimum absolute atomic E-state index is 0.123. The number of nitrogens with zero attached hydrogens (tertiary/aromatic N) is 1. The molecule has 0 aromatic heterocycles. The van der Waals surface area contributed by atoms with Crippen molar-refractivity contribution in [3.8, 4) is 11.5 Å². The molecule has 1 saturated heterocycles. The van der Waals surface area contributed by atoms with E-state index in [1.165, 1.54) is 4.90 Å². The van der Waals surface area contributed by atoms with Crippen LogP contribution in [0.4, 0.5) is 11.4 Å². The van der Waals surface area contributed by atoms with Gasteiger partial charge >= 0.3 is 0 Å². The lowest BCUT2D eigenvalue weighted by Crippen LogP contribution is -2.40. The summed E-state index contributed by atoms with van der Waals surface area (Å²) in [4.78, 5) is 41.4. The zero-order valence-electron chi connectivity index (χ0n) is 22.8. The number of carbonyl (C=O) groups is 3. The molecule has 40 heavy (non-hydrogen) atoms. The second kappa shape index (κ2) is 9.19. The van der Waals surface area contributed by atoms with Crippen LogP contribution in [0.3, 0.4) is 0 Å². The number of benzene rings is 3. The van der Waals surface area contributed by atoms with Crippen LogP contribution in [-0.4, -0.2) is 17.7 Å². The van der Waals surface area contributed by atoms with E-state index in [0.29, 0.717) is 40.4 Å². The molecular weight excluding hydrogens is 500 g/mol. The van der Waals surface area contributed by atoms with Crippen molar-refractivity contribution in [2.24, 2.45) is 35.5 Å². The number of hydrogen-bond donors (Lipinski definition) is 1. The highest BCUT2D eigenvalue weighted by atomic mass is 16.5. The van der Waals surface area contributed by atoms with E-state index in [-0.39, 0.29) is 41.4 Å². The van der Waals surface area contributed by atoms with E-state index in [1.54, 1.807) is 36.4 Å². The van der Waals surface area contributed by atoms with Gasteiger partial charge in [0.2, 0.25) is 11.8 Å². The molecule has 2 saturated carbocycles. The van der Waals surface area contributed by atoms with E-state index in [4.69, 9.17) is 4.74 Å². The van der Waals surface area contributed by atoms with Crippen LogP contribution in [0.25, 0.3) is 0 Å². The van der Waals surface area contributed by atoms with Gasteiger partial charge in [0.1, 0.15) is 11.5 Å². The van der Waals surface area contributed by atoms with Crippen molar-refractivity contribution >= 4 is 29.1 Å². The Morgan fingerprint density at radius 3 is 2.23 bits per heavy atom. The summed E-state index contributed by atoms with van der Waals surface area (Å²) in [5.41, 5.74) is 3.74. The molecule has 0 unspecified atom stereocenters. The first-order chi connectivity index (χ1) is 19.3. The average Bonchev–Trinajstić information content (AvgIpc) is 3.72. The third kappa shape index (κ3) is 3.96. The Morgan fingerprint density at radius 2 is 1.57 bits per heavy atom. The van der Waals surface area contributed by atoms with Gasteiger partial charge in [-0.3, -0.25) is 14.4 Å². The second-order valence-electron chi connectivity index (χ2n) is 12.0. The lowest BCUT2D eigenvalue weighted by atomic mass is 9.63. The van der Waals surface area contributed by atoms with Crippen LogP contribution in [-0.2, 0) is 9.59 Å². The minimum Gasteiger partial charge on any atom is -0.457 e. The Balaban J connectivity index is 1.06. The van der Waals surface area contributed by atoms with E-state index in [2.05, 4.69) is 43.4 Å². The van der Waals surface area contributed by atoms with Gasteiger partial charge in [-0.05, 0) is 103 Å². The molecule has 3 aromatic carbocycles. The Morgan fingerprint density at radius 1 is 0.900 bits per heavy atom. The quantitative estimate of drug-likeness (QED) is 0.282. The van der Waals surface area contributed by atoms with Crippen LogP contribution in [0, 0.1) is 42.4 Å². The van der Waals surface area contributed by atoms with Gasteiger partial charge in [0.25, 0.3) is 5.91 Å². The van der Waals surface area contributed by atoms with E-state index in [0.717, 1.165) is 23.3 Å². The van der Waals surface area contributed by atoms with Crippen molar-refractivity contribution in [2.45, 2.75) is 33.1 Å². The first-order valence-electron chi connectivity index (χ1n) is 14.2. The van der Waals surface area contributed by atoms with E-state index in [1.807, 2.05) is 25.1 Å². The van der Waals surface area contributed by atoms with Gasteiger partial charge in [0.05, 0.1) is 17.5 Å². The molecule has 0 spiro atoms. The molecule has 3 amide bonds. The predicted molar refractivity (Wildman–Crippen MR) is 153 cm³/mol. The number of anilines is 2. The summed E-state index contributed by atoms with van der Waals surface area (Å²) < 4.78 is 6.17. The predicted octanol–water partition coefficient (Wildman–Crippen LogP) is 6.72. The van der Waals surface area contributed by atoms with Gasteiger partial charge in [-0.25, -0.2) is 4.90 Å². The molecule has 1 aliphatic heterocycles. The van der Waals surface area contributed by atoms with Gasteiger partial charge in [-0.1, -0.05) is 44.2 Å². The summed E-state index contributed by atoms with van der Waals surface area (Å²) in [6, 6.07) is 20.3. The molecule has 3 fully saturated rings. The van der Waals surface area contributed by atoms with Crippen molar-refractivity contribution in [1.82, 2.24) is 0 Å². The molecule has 5 aliphatic rings. The second-order valence-corrected chi connectivity index (χ2v) is 12.0. The molecule has 8 rings (SSSR count). The van der Waals surface area contributed by atoms with Gasteiger partial charge in [0, 0.05) is 11.3 Å². The zero-order chi connectivity index (χ0) is 27.7. The van der Waals surface area contributed by atoms with Crippen LogP contribution in [0.2, 0.25) is 0 Å². The maximum Gasteiger partial charge on any atom is 0.255 e. The monoisotopic (exact) mass is 532 g/mol. The lowest BCUT2D eigenvalue weighted by Gasteiger charge is -2.37. The highest BCUT2D eigenvalue weighted by molar-refractivity contribution is 6.23. The Hall–Kier alpha value is -4.19. The summed E-state index contributed by atoms with van der Waals surface area (Å²) in [7, 11) is 0. The van der Waals surface area contributed by atoms with Crippen LogP contribution >= 0.6 is 0 Å². The zero-order valence-corrected chi connectivity index (χ0v) is 22.8. The van der Waals surface area contributed by atoms with E-state index in [9.17, 15) is 14.4 Å². The number of imide groups is 1. The van der Waals surface area contributed by atoms with Gasteiger partial charge in [-0.15, -0.1) is 0 Å². The van der Waals surface area contributed by atoms with Crippen molar-refractivity contribution in [3.05, 3.63) is 95.6 Å². The molecule has 0 radical (unpaired) electrons. The first kappa shape index (κ1) is 24.8. The topological polar surface area (TPSA) is 75.7 Å². The summed E-state index contributed by atoms with van der Waals surface area (Å²) in [6.07, 6.45) is 5.46. The number of ether oxygens (including phenoxy) is 1. The maximum absolute atomic E-state index is 13.5. The fourth-order valence-corrected chi connectivity index (χ4v) is 7.14. The number of hydrogen-bond acceptors (Lipinski definition) is 4. The van der Waals surface area contributed by atoms with Crippen molar-refractivity contribution in [3.63, 3.8) is 0 Å². The van der Waals surface area contributed by atoms with E-state index < -0.39 is 0 Å². The van der Waals surface area contributed by atoms with Crippen molar-refractivity contribution < 1.29 is 19.1 Å². The molecule has 6 nitrogen and oxygen atoms in total.